The van der Waals surface area contributed by atoms with Crippen molar-refractivity contribution in [3.8, 4) is 17.2 Å². The van der Waals surface area contributed by atoms with Crippen LogP contribution >= 0.6 is 12.4 Å². The second-order valence-electron chi connectivity index (χ2n) is 3.90. The van der Waals surface area contributed by atoms with Crippen LogP contribution in [0.2, 0.25) is 0 Å². The molecular weight excluding hydrogens is 292 g/mol. The van der Waals surface area contributed by atoms with Crippen LogP contribution in [-0.4, -0.2) is 33.8 Å². The molecule has 0 fully saturated rings. The molecule has 0 spiro atoms. The van der Waals surface area contributed by atoms with Gasteiger partial charge in [-0.1, -0.05) is 0 Å². The summed E-state index contributed by atoms with van der Waals surface area (Å²) in [6.07, 6.45) is -2.06. The predicted octanol–water partition coefficient (Wildman–Crippen LogP) is 2.66. The minimum absolute atomic E-state index is 0. The smallest absolute Gasteiger partial charge is 0.241 e. The lowest BCUT2D eigenvalue weighted by Gasteiger charge is -2.16. The van der Waals surface area contributed by atoms with Gasteiger partial charge in [0.2, 0.25) is 12.2 Å². The first kappa shape index (κ1) is 18.7. The fraction of sp³-hybridized carbons (Fsp3) is 0.538. The number of alkyl halides is 2. The second-order valence-corrected chi connectivity index (χ2v) is 3.90. The maximum absolute atomic E-state index is 12.1. The standard InChI is InChI=1S/C13H19F2NO3.ClH/c1-17-10-7-9(3-5-16)8-11(18-2)13(10)19-6-4-12(14)15;/h7-8,12H,3-6,16H2,1-2H3;1H. The normalized spacial score (nSPS) is 10.1. The molecule has 116 valence electrons. The Kier molecular flexibility index (Phi) is 9.00. The molecule has 0 saturated heterocycles. The molecule has 0 aliphatic heterocycles. The fourth-order valence-electron chi connectivity index (χ4n) is 1.64. The van der Waals surface area contributed by atoms with E-state index in [4.69, 9.17) is 19.9 Å². The van der Waals surface area contributed by atoms with E-state index in [-0.39, 0.29) is 25.4 Å². The van der Waals surface area contributed by atoms with Crippen molar-refractivity contribution in [3.63, 3.8) is 0 Å². The summed E-state index contributed by atoms with van der Waals surface area (Å²) >= 11 is 0. The van der Waals surface area contributed by atoms with Crippen molar-refractivity contribution >= 4 is 12.4 Å². The fourth-order valence-corrected chi connectivity index (χ4v) is 1.64. The Labute approximate surface area is 123 Å². The Morgan fingerprint density at radius 2 is 1.70 bits per heavy atom. The van der Waals surface area contributed by atoms with Gasteiger partial charge in [-0.2, -0.15) is 0 Å². The van der Waals surface area contributed by atoms with Crippen molar-refractivity contribution in [2.24, 2.45) is 5.73 Å². The van der Waals surface area contributed by atoms with E-state index in [2.05, 4.69) is 0 Å². The first-order valence-corrected chi connectivity index (χ1v) is 5.98. The molecule has 0 aliphatic rings. The molecular formula is C13H20ClF2NO3. The first-order valence-electron chi connectivity index (χ1n) is 5.98. The molecule has 0 amide bonds. The van der Waals surface area contributed by atoms with E-state index in [1.165, 1.54) is 14.2 Å². The summed E-state index contributed by atoms with van der Waals surface area (Å²) in [5, 5.41) is 0. The van der Waals surface area contributed by atoms with Gasteiger partial charge >= 0.3 is 0 Å². The lowest BCUT2D eigenvalue weighted by molar-refractivity contribution is 0.112. The highest BCUT2D eigenvalue weighted by atomic mass is 35.5. The van der Waals surface area contributed by atoms with E-state index in [9.17, 15) is 8.78 Å². The number of rotatable bonds is 8. The maximum Gasteiger partial charge on any atom is 0.241 e. The molecule has 1 aromatic rings. The lowest BCUT2D eigenvalue weighted by Crippen LogP contribution is -2.07. The zero-order valence-corrected chi connectivity index (χ0v) is 12.3. The summed E-state index contributed by atoms with van der Waals surface area (Å²) in [4.78, 5) is 0. The Hall–Kier alpha value is -1.27. The van der Waals surface area contributed by atoms with Gasteiger partial charge in [-0.15, -0.1) is 12.4 Å². The number of ether oxygens (including phenoxy) is 3. The summed E-state index contributed by atoms with van der Waals surface area (Å²) in [7, 11) is 2.97. The molecule has 0 bridgehead atoms. The zero-order chi connectivity index (χ0) is 14.3. The van der Waals surface area contributed by atoms with Crippen LogP contribution < -0.4 is 19.9 Å². The molecule has 0 radical (unpaired) electrons. The van der Waals surface area contributed by atoms with Gasteiger partial charge in [0.15, 0.2) is 11.5 Å². The highest BCUT2D eigenvalue weighted by Gasteiger charge is 2.14. The van der Waals surface area contributed by atoms with Crippen molar-refractivity contribution < 1.29 is 23.0 Å². The molecule has 0 heterocycles. The van der Waals surface area contributed by atoms with Crippen molar-refractivity contribution in [1.29, 1.82) is 0 Å². The van der Waals surface area contributed by atoms with Crippen LogP contribution in [0.1, 0.15) is 12.0 Å². The second kappa shape index (κ2) is 9.61. The quantitative estimate of drug-likeness (QED) is 0.802. The maximum atomic E-state index is 12.1. The Bertz CT molecular complexity index is 380. The van der Waals surface area contributed by atoms with E-state index >= 15 is 0 Å². The third-order valence-electron chi connectivity index (χ3n) is 2.54. The van der Waals surface area contributed by atoms with Crippen molar-refractivity contribution in [1.82, 2.24) is 0 Å². The summed E-state index contributed by atoms with van der Waals surface area (Å²) in [5.41, 5.74) is 6.44. The van der Waals surface area contributed by atoms with E-state index in [1.807, 2.05) is 0 Å². The van der Waals surface area contributed by atoms with E-state index in [0.29, 0.717) is 30.2 Å². The molecule has 1 aromatic carbocycles. The topological polar surface area (TPSA) is 53.7 Å². The highest BCUT2D eigenvalue weighted by Crippen LogP contribution is 2.38. The van der Waals surface area contributed by atoms with Gasteiger partial charge in [0.1, 0.15) is 0 Å². The Balaban J connectivity index is 0.00000361. The van der Waals surface area contributed by atoms with Crippen LogP contribution in [0.15, 0.2) is 12.1 Å². The number of hydrogen-bond donors (Lipinski definition) is 1. The van der Waals surface area contributed by atoms with Crippen molar-refractivity contribution in [2.45, 2.75) is 19.3 Å². The monoisotopic (exact) mass is 311 g/mol. The first-order chi connectivity index (χ1) is 9.12. The Morgan fingerprint density at radius 3 is 2.10 bits per heavy atom. The molecule has 1 rings (SSSR count). The van der Waals surface area contributed by atoms with Gasteiger partial charge < -0.3 is 19.9 Å². The highest BCUT2D eigenvalue weighted by molar-refractivity contribution is 5.85. The summed E-state index contributed by atoms with van der Waals surface area (Å²) < 4.78 is 40.0. The van der Waals surface area contributed by atoms with Crippen LogP contribution in [0, 0.1) is 0 Å². The van der Waals surface area contributed by atoms with E-state index in [0.717, 1.165) is 5.56 Å². The van der Waals surface area contributed by atoms with Crippen molar-refractivity contribution in [3.05, 3.63) is 17.7 Å². The Morgan fingerprint density at radius 1 is 1.15 bits per heavy atom. The molecule has 7 heteroatoms. The molecule has 0 unspecified atom stereocenters. The molecule has 2 N–H and O–H groups in total. The lowest BCUT2D eigenvalue weighted by atomic mass is 10.1. The number of methoxy groups -OCH3 is 2. The third-order valence-corrected chi connectivity index (χ3v) is 2.54. The van der Waals surface area contributed by atoms with E-state index in [1.54, 1.807) is 12.1 Å². The van der Waals surface area contributed by atoms with Crippen LogP contribution in [0.4, 0.5) is 8.78 Å². The zero-order valence-electron chi connectivity index (χ0n) is 11.5. The number of hydrogen-bond acceptors (Lipinski definition) is 4. The van der Waals surface area contributed by atoms with Gasteiger partial charge in [0, 0.05) is 6.42 Å². The average molecular weight is 312 g/mol. The summed E-state index contributed by atoms with van der Waals surface area (Å²) in [6.45, 7) is 0.401. The van der Waals surface area contributed by atoms with Gasteiger partial charge in [0.05, 0.1) is 20.8 Å². The summed E-state index contributed by atoms with van der Waals surface area (Å²) in [5.74, 6) is 1.25. The molecule has 0 atom stereocenters. The van der Waals surface area contributed by atoms with Crippen molar-refractivity contribution in [2.75, 3.05) is 27.4 Å². The van der Waals surface area contributed by atoms with Crippen LogP contribution in [0.25, 0.3) is 0 Å². The number of halogens is 3. The third kappa shape index (κ3) is 5.38. The summed E-state index contributed by atoms with van der Waals surface area (Å²) in [6, 6.07) is 3.54. The van der Waals surface area contributed by atoms with Gasteiger partial charge in [-0.25, -0.2) is 8.78 Å². The van der Waals surface area contributed by atoms with Gasteiger partial charge in [0.25, 0.3) is 0 Å². The molecule has 20 heavy (non-hydrogen) atoms. The largest absolute Gasteiger partial charge is 0.493 e. The molecule has 0 aromatic heterocycles. The van der Waals surface area contributed by atoms with Crippen LogP contribution in [0.3, 0.4) is 0 Å². The predicted molar refractivity (Wildman–Crippen MR) is 75.7 cm³/mol. The van der Waals surface area contributed by atoms with Crippen LogP contribution in [-0.2, 0) is 6.42 Å². The van der Waals surface area contributed by atoms with E-state index < -0.39 is 6.43 Å². The number of nitrogens with two attached hydrogens (primary N) is 1. The molecule has 4 nitrogen and oxygen atoms in total. The van der Waals surface area contributed by atoms with Gasteiger partial charge in [-0.05, 0) is 30.7 Å². The molecule has 0 aliphatic carbocycles. The SMILES string of the molecule is COc1cc(CCN)cc(OC)c1OCCC(F)F.Cl. The number of benzene rings is 1. The minimum atomic E-state index is -2.39. The minimum Gasteiger partial charge on any atom is -0.493 e. The molecule has 0 saturated carbocycles. The van der Waals surface area contributed by atoms with Gasteiger partial charge in [-0.3, -0.25) is 0 Å². The van der Waals surface area contributed by atoms with Crippen LogP contribution in [0.5, 0.6) is 17.2 Å². The average Bonchev–Trinajstić information content (AvgIpc) is 2.39.